The molecule has 2 aromatic rings. The van der Waals surface area contributed by atoms with Crippen LogP contribution in [-0.2, 0) is 0 Å². The number of non-ortho nitro benzene ring substituents is 1. The number of halogens is 1. The minimum atomic E-state index is -0.489. The van der Waals surface area contributed by atoms with Crippen LogP contribution in [-0.4, -0.2) is 12.0 Å². The summed E-state index contributed by atoms with van der Waals surface area (Å²) in [6.45, 7) is 0. The van der Waals surface area contributed by atoms with Crippen molar-refractivity contribution in [1.29, 1.82) is 0 Å². The maximum atomic E-state index is 12.8. The zero-order valence-corrected chi connectivity index (χ0v) is 9.59. The van der Waals surface area contributed by atoms with Gasteiger partial charge in [0.2, 0.25) is 0 Å². The van der Waals surface area contributed by atoms with Gasteiger partial charge in [-0.3, -0.25) is 10.1 Å². The second-order valence-electron chi connectivity index (χ2n) is 3.65. The van der Waals surface area contributed by atoms with Crippen molar-refractivity contribution in [2.45, 2.75) is 0 Å². The van der Waals surface area contributed by atoms with E-state index >= 15 is 0 Å². The Morgan fingerprint density at radius 3 is 2.39 bits per heavy atom. The van der Waals surface area contributed by atoms with Crippen molar-refractivity contribution in [3.8, 4) is 16.9 Å². The molecule has 0 spiro atoms. The third kappa shape index (κ3) is 2.29. The van der Waals surface area contributed by atoms with Crippen LogP contribution in [0.25, 0.3) is 11.1 Å². The van der Waals surface area contributed by atoms with Crippen LogP contribution in [0.5, 0.6) is 5.75 Å². The van der Waals surface area contributed by atoms with Gasteiger partial charge in [0.1, 0.15) is 11.6 Å². The minimum Gasteiger partial charge on any atom is -0.496 e. The summed E-state index contributed by atoms with van der Waals surface area (Å²) < 4.78 is 18.0. The highest BCUT2D eigenvalue weighted by Gasteiger charge is 2.12. The molecular weight excluding hydrogens is 237 g/mol. The summed E-state index contributed by atoms with van der Waals surface area (Å²) in [6, 6.07) is 10.2. The van der Waals surface area contributed by atoms with Gasteiger partial charge in [-0.05, 0) is 23.8 Å². The Labute approximate surface area is 103 Å². The van der Waals surface area contributed by atoms with Gasteiger partial charge in [0.05, 0.1) is 18.1 Å². The number of benzene rings is 2. The molecule has 0 saturated heterocycles. The van der Waals surface area contributed by atoms with Crippen LogP contribution in [0.1, 0.15) is 0 Å². The summed E-state index contributed by atoms with van der Waals surface area (Å²) >= 11 is 0. The Kier molecular flexibility index (Phi) is 3.23. The molecule has 0 saturated carbocycles. The number of nitrogens with zero attached hydrogens (tertiary/aromatic N) is 1. The largest absolute Gasteiger partial charge is 0.496 e. The number of nitro benzene ring substituents is 1. The predicted octanol–water partition coefficient (Wildman–Crippen LogP) is 3.41. The highest BCUT2D eigenvalue weighted by atomic mass is 19.1. The fourth-order valence-corrected chi connectivity index (χ4v) is 1.66. The van der Waals surface area contributed by atoms with Gasteiger partial charge in [-0.25, -0.2) is 4.39 Å². The van der Waals surface area contributed by atoms with E-state index in [0.29, 0.717) is 11.3 Å². The average molecular weight is 247 g/mol. The molecule has 0 unspecified atom stereocenters. The Hall–Kier alpha value is -2.43. The number of hydrogen-bond acceptors (Lipinski definition) is 3. The predicted molar refractivity (Wildman–Crippen MR) is 65.0 cm³/mol. The van der Waals surface area contributed by atoms with E-state index in [4.69, 9.17) is 4.74 Å². The minimum absolute atomic E-state index is 0.0438. The lowest BCUT2D eigenvalue weighted by Gasteiger charge is -2.08. The Morgan fingerprint density at radius 2 is 1.83 bits per heavy atom. The summed E-state index contributed by atoms with van der Waals surface area (Å²) in [5, 5.41) is 10.7. The second kappa shape index (κ2) is 4.83. The lowest BCUT2D eigenvalue weighted by Crippen LogP contribution is -1.92. The number of methoxy groups -OCH3 is 1. The van der Waals surface area contributed by atoms with Crippen molar-refractivity contribution in [3.05, 3.63) is 58.4 Å². The maximum Gasteiger partial charge on any atom is 0.273 e. The standard InChI is InChI=1S/C13H10FNO3/c1-18-13-8-11(15(16)17)6-7-12(13)9-2-4-10(14)5-3-9/h2-8H,1H3. The van der Waals surface area contributed by atoms with Crippen molar-refractivity contribution in [2.24, 2.45) is 0 Å². The average Bonchev–Trinajstić information content (AvgIpc) is 2.39. The molecule has 0 aromatic heterocycles. The Morgan fingerprint density at radius 1 is 1.17 bits per heavy atom. The highest BCUT2D eigenvalue weighted by molar-refractivity contribution is 5.72. The van der Waals surface area contributed by atoms with E-state index < -0.39 is 4.92 Å². The molecular formula is C13H10FNO3. The molecule has 0 fully saturated rings. The SMILES string of the molecule is COc1cc([N+](=O)[O-])ccc1-c1ccc(F)cc1. The van der Waals surface area contributed by atoms with Gasteiger partial charge < -0.3 is 4.74 Å². The van der Waals surface area contributed by atoms with E-state index in [1.165, 1.54) is 31.4 Å². The normalized spacial score (nSPS) is 10.1. The number of ether oxygens (including phenoxy) is 1. The molecule has 0 radical (unpaired) electrons. The van der Waals surface area contributed by atoms with Gasteiger partial charge in [-0.1, -0.05) is 12.1 Å². The molecule has 0 bridgehead atoms. The summed E-state index contributed by atoms with van der Waals surface area (Å²) in [5.41, 5.74) is 1.38. The van der Waals surface area contributed by atoms with Crippen molar-refractivity contribution in [1.82, 2.24) is 0 Å². The van der Waals surface area contributed by atoms with Crippen LogP contribution in [0.4, 0.5) is 10.1 Å². The zero-order valence-electron chi connectivity index (χ0n) is 9.59. The van der Waals surface area contributed by atoms with Crippen molar-refractivity contribution < 1.29 is 14.1 Å². The first-order valence-corrected chi connectivity index (χ1v) is 5.20. The molecule has 0 aliphatic heterocycles. The molecule has 0 heterocycles. The molecule has 0 aliphatic rings. The smallest absolute Gasteiger partial charge is 0.273 e. The first-order valence-electron chi connectivity index (χ1n) is 5.20. The van der Waals surface area contributed by atoms with Gasteiger partial charge in [0, 0.05) is 11.6 Å². The fourth-order valence-electron chi connectivity index (χ4n) is 1.66. The lowest BCUT2D eigenvalue weighted by molar-refractivity contribution is -0.384. The van der Waals surface area contributed by atoms with E-state index in [-0.39, 0.29) is 11.5 Å². The van der Waals surface area contributed by atoms with E-state index in [1.54, 1.807) is 18.2 Å². The second-order valence-corrected chi connectivity index (χ2v) is 3.65. The van der Waals surface area contributed by atoms with Crippen LogP contribution in [0.3, 0.4) is 0 Å². The molecule has 2 rings (SSSR count). The fraction of sp³-hybridized carbons (Fsp3) is 0.0769. The maximum absolute atomic E-state index is 12.8. The lowest BCUT2D eigenvalue weighted by atomic mass is 10.0. The molecule has 0 aliphatic carbocycles. The quantitative estimate of drug-likeness (QED) is 0.617. The highest BCUT2D eigenvalue weighted by Crippen LogP contribution is 2.33. The van der Waals surface area contributed by atoms with Crippen LogP contribution in [0.2, 0.25) is 0 Å². The van der Waals surface area contributed by atoms with E-state index in [1.807, 2.05) is 0 Å². The van der Waals surface area contributed by atoms with E-state index in [9.17, 15) is 14.5 Å². The van der Waals surface area contributed by atoms with Crippen LogP contribution in [0, 0.1) is 15.9 Å². The molecule has 5 heteroatoms. The summed E-state index contributed by atoms with van der Waals surface area (Å²) in [6.07, 6.45) is 0. The third-order valence-corrected chi connectivity index (χ3v) is 2.55. The molecule has 4 nitrogen and oxygen atoms in total. The summed E-state index contributed by atoms with van der Waals surface area (Å²) in [5.74, 6) is 0.0513. The van der Waals surface area contributed by atoms with Gasteiger partial charge in [0.25, 0.3) is 5.69 Å². The topological polar surface area (TPSA) is 52.4 Å². The molecule has 92 valence electrons. The monoisotopic (exact) mass is 247 g/mol. The Balaban J connectivity index is 2.50. The van der Waals surface area contributed by atoms with E-state index in [2.05, 4.69) is 0 Å². The molecule has 2 aromatic carbocycles. The molecule has 18 heavy (non-hydrogen) atoms. The zero-order chi connectivity index (χ0) is 13.1. The first-order chi connectivity index (χ1) is 8.61. The van der Waals surface area contributed by atoms with Crippen LogP contribution >= 0.6 is 0 Å². The van der Waals surface area contributed by atoms with Crippen LogP contribution < -0.4 is 4.74 Å². The van der Waals surface area contributed by atoms with Gasteiger partial charge in [-0.15, -0.1) is 0 Å². The van der Waals surface area contributed by atoms with Gasteiger partial charge in [-0.2, -0.15) is 0 Å². The first kappa shape index (κ1) is 12.0. The molecule has 0 amide bonds. The van der Waals surface area contributed by atoms with Gasteiger partial charge >= 0.3 is 0 Å². The third-order valence-electron chi connectivity index (χ3n) is 2.55. The van der Waals surface area contributed by atoms with Crippen molar-refractivity contribution in [3.63, 3.8) is 0 Å². The van der Waals surface area contributed by atoms with Crippen molar-refractivity contribution >= 4 is 5.69 Å². The van der Waals surface area contributed by atoms with Gasteiger partial charge in [0.15, 0.2) is 0 Å². The number of hydrogen-bond donors (Lipinski definition) is 0. The van der Waals surface area contributed by atoms with E-state index in [0.717, 1.165) is 5.56 Å². The molecule has 0 N–H and O–H groups in total. The molecule has 0 atom stereocenters. The number of nitro groups is 1. The Bertz CT molecular complexity index is 581. The van der Waals surface area contributed by atoms with Crippen molar-refractivity contribution in [2.75, 3.05) is 7.11 Å². The van der Waals surface area contributed by atoms with Crippen LogP contribution in [0.15, 0.2) is 42.5 Å². The summed E-state index contributed by atoms with van der Waals surface area (Å²) in [4.78, 5) is 10.2. The number of rotatable bonds is 3. The summed E-state index contributed by atoms with van der Waals surface area (Å²) in [7, 11) is 1.44.